The van der Waals surface area contributed by atoms with Crippen LogP contribution in [0.2, 0.25) is 10.0 Å². The SMILES string of the molecule is CC(C)(C)OC(=O)N1CCN(c2ccc(CCN)cc2Cl)CC1c1ccc(CCN)cc1Cl. The molecule has 1 aliphatic heterocycles. The average Bonchev–Trinajstić information content (AvgIpc) is 2.73. The minimum Gasteiger partial charge on any atom is -0.444 e. The van der Waals surface area contributed by atoms with Crippen molar-refractivity contribution < 1.29 is 9.53 Å². The van der Waals surface area contributed by atoms with Gasteiger partial charge in [-0.25, -0.2) is 4.79 Å². The van der Waals surface area contributed by atoms with E-state index in [9.17, 15) is 4.79 Å². The Morgan fingerprint density at radius 1 is 1.00 bits per heavy atom. The predicted octanol–water partition coefficient (Wildman–Crippen LogP) is 4.79. The molecule has 0 radical (unpaired) electrons. The van der Waals surface area contributed by atoms with Crippen molar-refractivity contribution in [2.24, 2.45) is 11.5 Å². The Balaban J connectivity index is 1.93. The molecule has 0 aromatic heterocycles. The van der Waals surface area contributed by atoms with Crippen molar-refractivity contribution in [2.45, 2.75) is 45.3 Å². The van der Waals surface area contributed by atoms with Crippen LogP contribution in [-0.2, 0) is 17.6 Å². The highest BCUT2D eigenvalue weighted by molar-refractivity contribution is 6.33. The van der Waals surface area contributed by atoms with Crippen LogP contribution in [0.1, 0.15) is 43.5 Å². The van der Waals surface area contributed by atoms with Gasteiger partial charge in [-0.15, -0.1) is 0 Å². The predicted molar refractivity (Wildman–Crippen MR) is 136 cm³/mol. The van der Waals surface area contributed by atoms with Gasteiger partial charge in [-0.3, -0.25) is 4.90 Å². The fourth-order valence-electron chi connectivity index (χ4n) is 4.10. The smallest absolute Gasteiger partial charge is 0.410 e. The number of carbonyl (C=O) groups is 1. The van der Waals surface area contributed by atoms with Gasteiger partial charge in [0.25, 0.3) is 0 Å². The molecule has 6 nitrogen and oxygen atoms in total. The summed E-state index contributed by atoms with van der Waals surface area (Å²) in [6.45, 7) is 8.40. The van der Waals surface area contributed by atoms with Gasteiger partial charge in [-0.05, 0) is 81.6 Å². The van der Waals surface area contributed by atoms with Gasteiger partial charge in [-0.1, -0.05) is 41.4 Å². The van der Waals surface area contributed by atoms with E-state index >= 15 is 0 Å². The highest BCUT2D eigenvalue weighted by atomic mass is 35.5. The molecule has 1 saturated heterocycles. The van der Waals surface area contributed by atoms with E-state index in [1.54, 1.807) is 4.90 Å². The summed E-state index contributed by atoms with van der Waals surface area (Å²) < 4.78 is 5.71. The molecule has 4 N–H and O–H groups in total. The van der Waals surface area contributed by atoms with E-state index in [0.717, 1.165) is 35.2 Å². The van der Waals surface area contributed by atoms with Crippen LogP contribution in [-0.4, -0.2) is 49.3 Å². The summed E-state index contributed by atoms with van der Waals surface area (Å²) in [6.07, 6.45) is 1.18. The second-order valence-corrected chi connectivity index (χ2v) is 10.2. The highest BCUT2D eigenvalue weighted by Gasteiger charge is 2.36. The van der Waals surface area contributed by atoms with E-state index in [2.05, 4.69) is 11.0 Å². The zero-order valence-corrected chi connectivity index (χ0v) is 21.1. The van der Waals surface area contributed by atoms with E-state index in [1.807, 2.05) is 51.1 Å². The summed E-state index contributed by atoms with van der Waals surface area (Å²) >= 11 is 13.3. The molecule has 33 heavy (non-hydrogen) atoms. The molecule has 2 aromatic rings. The summed E-state index contributed by atoms with van der Waals surface area (Å²) in [5.74, 6) is 0. The Labute approximate surface area is 206 Å². The van der Waals surface area contributed by atoms with Crippen molar-refractivity contribution >= 4 is 35.0 Å². The summed E-state index contributed by atoms with van der Waals surface area (Å²) in [6, 6.07) is 11.7. The number of halogens is 2. The molecule has 1 unspecified atom stereocenters. The molecular formula is C25H34Cl2N4O2. The van der Waals surface area contributed by atoms with Crippen LogP contribution in [0.25, 0.3) is 0 Å². The maximum atomic E-state index is 13.1. The van der Waals surface area contributed by atoms with Crippen molar-refractivity contribution in [3.63, 3.8) is 0 Å². The van der Waals surface area contributed by atoms with Gasteiger partial charge >= 0.3 is 6.09 Å². The molecule has 0 aliphatic carbocycles. The second kappa shape index (κ2) is 11.0. The lowest BCUT2D eigenvalue weighted by molar-refractivity contribution is 0.0137. The monoisotopic (exact) mass is 492 g/mol. The van der Waals surface area contributed by atoms with E-state index in [4.69, 9.17) is 39.4 Å². The van der Waals surface area contributed by atoms with Crippen LogP contribution in [0.4, 0.5) is 10.5 Å². The normalized spacial score (nSPS) is 16.8. The van der Waals surface area contributed by atoms with Crippen molar-refractivity contribution in [1.82, 2.24) is 4.90 Å². The number of nitrogens with two attached hydrogens (primary N) is 2. The third-order valence-corrected chi connectivity index (χ3v) is 6.28. The van der Waals surface area contributed by atoms with Crippen molar-refractivity contribution in [3.05, 3.63) is 63.1 Å². The Bertz CT molecular complexity index is 977. The van der Waals surface area contributed by atoms with Crippen LogP contribution >= 0.6 is 23.2 Å². The first-order valence-corrected chi connectivity index (χ1v) is 12.1. The maximum absolute atomic E-state index is 13.1. The van der Waals surface area contributed by atoms with Crippen LogP contribution in [0.5, 0.6) is 0 Å². The molecule has 2 aromatic carbocycles. The molecule has 0 bridgehead atoms. The number of hydrogen-bond acceptors (Lipinski definition) is 5. The first-order valence-electron chi connectivity index (χ1n) is 11.3. The minimum absolute atomic E-state index is 0.284. The number of rotatable bonds is 6. The molecule has 1 heterocycles. The van der Waals surface area contributed by atoms with Gasteiger partial charge in [0.1, 0.15) is 5.60 Å². The van der Waals surface area contributed by atoms with Crippen molar-refractivity contribution in [1.29, 1.82) is 0 Å². The minimum atomic E-state index is -0.588. The quantitative estimate of drug-likeness (QED) is 0.604. The number of carbonyl (C=O) groups excluding carboxylic acids is 1. The van der Waals surface area contributed by atoms with E-state index in [-0.39, 0.29) is 12.1 Å². The van der Waals surface area contributed by atoms with Crippen LogP contribution in [0.3, 0.4) is 0 Å². The lowest BCUT2D eigenvalue weighted by Gasteiger charge is -2.43. The van der Waals surface area contributed by atoms with Gasteiger partial charge in [0.05, 0.1) is 16.8 Å². The molecule has 0 saturated carbocycles. The Morgan fingerprint density at radius 2 is 1.61 bits per heavy atom. The molecule has 3 rings (SSSR count). The second-order valence-electron chi connectivity index (χ2n) is 9.35. The molecule has 1 atom stereocenters. The van der Waals surface area contributed by atoms with Gasteiger partial charge in [-0.2, -0.15) is 0 Å². The van der Waals surface area contributed by atoms with Gasteiger partial charge < -0.3 is 21.1 Å². The van der Waals surface area contributed by atoms with Gasteiger partial charge in [0.2, 0.25) is 0 Å². The fraction of sp³-hybridized carbons (Fsp3) is 0.480. The Kier molecular flexibility index (Phi) is 8.51. The van der Waals surface area contributed by atoms with E-state index in [0.29, 0.717) is 42.8 Å². The molecule has 0 spiro atoms. The standard InChI is InChI=1S/C25H34Cl2N4O2/c1-25(2,3)33-24(32)31-13-12-30(22-7-5-18(9-11-29)15-21(22)27)16-23(31)19-6-4-17(8-10-28)14-20(19)26/h4-7,14-15,23H,8-13,16,28-29H2,1-3H3. The summed E-state index contributed by atoms with van der Waals surface area (Å²) in [5, 5.41) is 1.29. The fourth-order valence-corrected chi connectivity index (χ4v) is 4.75. The molecule has 180 valence electrons. The summed E-state index contributed by atoms with van der Waals surface area (Å²) in [5.41, 5.74) is 14.8. The largest absolute Gasteiger partial charge is 0.444 e. The van der Waals surface area contributed by atoms with E-state index < -0.39 is 5.60 Å². The average molecular weight is 493 g/mol. The highest BCUT2D eigenvalue weighted by Crippen LogP contribution is 2.36. The van der Waals surface area contributed by atoms with Crippen LogP contribution in [0.15, 0.2) is 36.4 Å². The zero-order valence-electron chi connectivity index (χ0n) is 19.6. The van der Waals surface area contributed by atoms with Gasteiger partial charge in [0, 0.05) is 24.7 Å². The third-order valence-electron chi connectivity index (χ3n) is 5.65. The molecular weight excluding hydrogens is 459 g/mol. The molecule has 8 heteroatoms. The first-order chi connectivity index (χ1) is 15.6. The summed E-state index contributed by atoms with van der Waals surface area (Å²) in [7, 11) is 0. The Hall–Kier alpha value is -1.99. The first kappa shape index (κ1) is 25.6. The number of ether oxygens (including phenoxy) is 1. The number of benzene rings is 2. The zero-order chi connectivity index (χ0) is 24.2. The van der Waals surface area contributed by atoms with Gasteiger partial charge in [0.15, 0.2) is 0 Å². The molecule has 1 amide bonds. The van der Waals surface area contributed by atoms with Crippen LogP contribution < -0.4 is 16.4 Å². The number of amides is 1. The van der Waals surface area contributed by atoms with Crippen molar-refractivity contribution in [2.75, 3.05) is 37.6 Å². The Morgan fingerprint density at radius 3 is 2.15 bits per heavy atom. The van der Waals surface area contributed by atoms with Crippen molar-refractivity contribution in [3.8, 4) is 0 Å². The number of hydrogen-bond donors (Lipinski definition) is 2. The topological polar surface area (TPSA) is 84.8 Å². The van der Waals surface area contributed by atoms with Crippen LogP contribution in [0, 0.1) is 0 Å². The number of anilines is 1. The van der Waals surface area contributed by atoms with E-state index in [1.165, 1.54) is 0 Å². The summed E-state index contributed by atoms with van der Waals surface area (Å²) in [4.78, 5) is 17.1. The number of nitrogens with zero attached hydrogens (tertiary/aromatic N) is 2. The lowest BCUT2D eigenvalue weighted by atomic mass is 9.99. The maximum Gasteiger partial charge on any atom is 0.410 e. The number of piperazine rings is 1. The lowest BCUT2D eigenvalue weighted by Crippen LogP contribution is -2.52. The molecule has 1 aliphatic rings. The third kappa shape index (κ3) is 6.54. The molecule has 1 fully saturated rings.